The number of amides is 1. The molecule has 0 aliphatic carbocycles. The predicted molar refractivity (Wildman–Crippen MR) is 120 cm³/mol. The number of phenolic OH excluding ortho intramolecular Hbond substituents is 1. The molecule has 0 radical (unpaired) electrons. The number of carboxylic acids is 1. The first kappa shape index (κ1) is 22.8. The summed E-state index contributed by atoms with van der Waals surface area (Å²) in [6.07, 6.45) is 1.45. The fourth-order valence-electron chi connectivity index (χ4n) is 2.98. The van der Waals surface area contributed by atoms with Crippen LogP contribution in [0.1, 0.15) is 28.4 Å². The first-order valence-electron chi connectivity index (χ1n) is 9.37. The highest BCUT2D eigenvalue weighted by Crippen LogP contribution is 2.40. The highest BCUT2D eigenvalue weighted by atomic mass is 32.2. The van der Waals surface area contributed by atoms with Gasteiger partial charge in [-0.05, 0) is 61.0 Å². The molecule has 1 saturated heterocycles. The zero-order valence-corrected chi connectivity index (χ0v) is 18.2. The van der Waals surface area contributed by atoms with Crippen LogP contribution in [-0.2, 0) is 4.79 Å². The van der Waals surface area contributed by atoms with Crippen LogP contribution in [0.4, 0.5) is 11.4 Å². The van der Waals surface area contributed by atoms with E-state index in [9.17, 15) is 29.9 Å². The Hall–Kier alpha value is -3.86. The van der Waals surface area contributed by atoms with Crippen molar-refractivity contribution in [1.29, 1.82) is 0 Å². The van der Waals surface area contributed by atoms with Gasteiger partial charge in [-0.15, -0.1) is 0 Å². The lowest BCUT2D eigenvalue weighted by molar-refractivity contribution is -0.386. The average Bonchev–Trinajstić information content (AvgIpc) is 2.99. The van der Waals surface area contributed by atoms with Crippen LogP contribution in [-0.4, -0.2) is 50.7 Å². The summed E-state index contributed by atoms with van der Waals surface area (Å²) in [5.41, 5.74) is 0.739. The maximum absolute atomic E-state index is 12.7. The first-order valence-corrected chi connectivity index (χ1v) is 10.2. The molecule has 1 aliphatic rings. The van der Waals surface area contributed by atoms with Gasteiger partial charge in [-0.1, -0.05) is 6.07 Å². The van der Waals surface area contributed by atoms with Gasteiger partial charge in [0.1, 0.15) is 0 Å². The van der Waals surface area contributed by atoms with Gasteiger partial charge in [0.05, 0.1) is 27.7 Å². The molecular weight excluding hydrogens is 438 g/mol. The molecule has 0 atom stereocenters. The van der Waals surface area contributed by atoms with Gasteiger partial charge in [-0.25, -0.2) is 9.79 Å². The van der Waals surface area contributed by atoms with Gasteiger partial charge in [0, 0.05) is 13.1 Å². The molecule has 166 valence electrons. The molecule has 0 unspecified atom stereocenters. The Kier molecular flexibility index (Phi) is 6.49. The maximum atomic E-state index is 12.7. The highest BCUT2D eigenvalue weighted by Gasteiger charge is 2.31. The number of aromatic carboxylic acids is 1. The Morgan fingerprint density at radius 3 is 2.72 bits per heavy atom. The third kappa shape index (κ3) is 4.42. The van der Waals surface area contributed by atoms with Crippen LogP contribution in [0.3, 0.4) is 0 Å². The van der Waals surface area contributed by atoms with Crippen LogP contribution >= 0.6 is 11.8 Å². The zero-order chi connectivity index (χ0) is 23.6. The van der Waals surface area contributed by atoms with Crippen molar-refractivity contribution in [3.63, 3.8) is 0 Å². The molecule has 0 aromatic heterocycles. The lowest BCUT2D eigenvalue weighted by Gasteiger charge is -2.09. The summed E-state index contributed by atoms with van der Waals surface area (Å²) in [6, 6.07) is 7.24. The van der Waals surface area contributed by atoms with Gasteiger partial charge >= 0.3 is 11.7 Å². The second kappa shape index (κ2) is 9.10. The van der Waals surface area contributed by atoms with Crippen LogP contribution in [0.15, 0.2) is 40.2 Å². The Morgan fingerprint density at radius 1 is 1.38 bits per heavy atom. The lowest BCUT2D eigenvalue weighted by atomic mass is 10.1. The number of benzene rings is 2. The van der Waals surface area contributed by atoms with E-state index in [0.29, 0.717) is 22.0 Å². The smallest absolute Gasteiger partial charge is 0.336 e. The van der Waals surface area contributed by atoms with E-state index in [-0.39, 0.29) is 28.7 Å². The lowest BCUT2D eigenvalue weighted by Crippen LogP contribution is -2.23. The minimum Gasteiger partial charge on any atom is -0.500 e. The normalized spacial score (nSPS) is 16.1. The number of carboxylic acid groups (broad SMARTS) is 1. The molecule has 32 heavy (non-hydrogen) atoms. The van der Waals surface area contributed by atoms with Gasteiger partial charge < -0.3 is 14.9 Å². The van der Waals surface area contributed by atoms with E-state index in [1.54, 1.807) is 26.0 Å². The summed E-state index contributed by atoms with van der Waals surface area (Å²) < 4.78 is 5.27. The number of hydrogen-bond donors (Lipinski definition) is 2. The number of likely N-dealkylation sites (N-methyl/N-ethyl adjacent to an activating group) is 1. The maximum Gasteiger partial charge on any atom is 0.336 e. The van der Waals surface area contributed by atoms with Gasteiger partial charge in [0.2, 0.25) is 5.75 Å². The minimum atomic E-state index is -1.08. The second-order valence-electron chi connectivity index (χ2n) is 6.70. The van der Waals surface area contributed by atoms with Crippen molar-refractivity contribution in [2.75, 3.05) is 13.7 Å². The van der Waals surface area contributed by atoms with Crippen molar-refractivity contribution < 1.29 is 29.5 Å². The molecular formula is C21H19N3O7S. The third-order valence-corrected chi connectivity index (χ3v) is 5.69. The SMILES string of the molecule is CCOc1cc(/C=C2\SC(=Nc3cccc(C(=O)O)c3C)N(C)C2=O)cc([N+](=O)[O-])c1O. The molecule has 2 aromatic carbocycles. The van der Waals surface area contributed by atoms with Gasteiger partial charge in [-0.3, -0.25) is 19.8 Å². The van der Waals surface area contributed by atoms with Gasteiger partial charge in [-0.2, -0.15) is 0 Å². The quantitative estimate of drug-likeness (QED) is 0.377. The number of nitro groups is 1. The first-order chi connectivity index (χ1) is 15.1. The fourth-order valence-corrected chi connectivity index (χ4v) is 3.96. The number of nitrogens with zero attached hydrogens (tertiary/aromatic N) is 3. The molecule has 0 bridgehead atoms. The number of carbonyl (C=O) groups is 2. The molecule has 2 aromatic rings. The number of hydrogen-bond acceptors (Lipinski definition) is 8. The number of thioether (sulfide) groups is 1. The third-order valence-electron chi connectivity index (χ3n) is 4.63. The molecule has 2 N–H and O–H groups in total. The van der Waals surface area contributed by atoms with Crippen LogP contribution in [0, 0.1) is 17.0 Å². The minimum absolute atomic E-state index is 0.0626. The van der Waals surface area contributed by atoms with E-state index in [2.05, 4.69) is 4.99 Å². The standard InChI is InChI=1S/C21H19N3O7S/c1-4-31-16-9-12(8-15(18(16)25)24(29)30)10-17-19(26)23(3)21(32-17)22-14-7-5-6-13(11(14)2)20(27)28/h5-10,25H,4H2,1-3H3,(H,27,28)/b17-10-,22-21?. The number of phenols is 1. The van der Waals surface area contributed by atoms with Crippen LogP contribution in [0.2, 0.25) is 0 Å². The molecule has 1 amide bonds. The van der Waals surface area contributed by atoms with E-state index in [1.165, 1.54) is 30.2 Å². The number of rotatable bonds is 6. The van der Waals surface area contributed by atoms with Crippen molar-refractivity contribution in [2.24, 2.45) is 4.99 Å². The summed E-state index contributed by atoms with van der Waals surface area (Å²) >= 11 is 1.04. The summed E-state index contributed by atoms with van der Waals surface area (Å²) in [4.78, 5) is 40.6. The molecule has 10 nitrogen and oxygen atoms in total. The molecule has 3 rings (SSSR count). The molecule has 11 heteroatoms. The second-order valence-corrected chi connectivity index (χ2v) is 7.71. The van der Waals surface area contributed by atoms with Crippen molar-refractivity contribution in [3.8, 4) is 11.5 Å². The Labute approximate surface area is 187 Å². The number of nitro benzene ring substituents is 1. The van der Waals surface area contributed by atoms with E-state index in [4.69, 9.17) is 4.74 Å². The summed E-state index contributed by atoms with van der Waals surface area (Å²) in [6.45, 7) is 3.49. The Balaban J connectivity index is 2.01. The van der Waals surface area contributed by atoms with E-state index in [1.807, 2.05) is 0 Å². The predicted octanol–water partition coefficient (Wildman–Crippen LogP) is 3.94. The summed E-state index contributed by atoms with van der Waals surface area (Å²) in [7, 11) is 1.52. The number of amidine groups is 1. The van der Waals surface area contributed by atoms with Crippen LogP contribution in [0.25, 0.3) is 6.08 Å². The molecule has 0 spiro atoms. The van der Waals surface area contributed by atoms with Crippen molar-refractivity contribution >= 4 is 46.3 Å². The van der Waals surface area contributed by atoms with Crippen LogP contribution in [0.5, 0.6) is 11.5 Å². The summed E-state index contributed by atoms with van der Waals surface area (Å²) in [5.74, 6) is -2.10. The largest absolute Gasteiger partial charge is 0.500 e. The number of aliphatic imine (C=N–C) groups is 1. The average molecular weight is 457 g/mol. The zero-order valence-electron chi connectivity index (χ0n) is 17.4. The molecule has 1 aliphatic heterocycles. The Morgan fingerprint density at radius 2 is 2.09 bits per heavy atom. The topological polar surface area (TPSA) is 143 Å². The fraction of sp³-hybridized carbons (Fsp3) is 0.190. The highest BCUT2D eigenvalue weighted by molar-refractivity contribution is 8.18. The van der Waals surface area contributed by atoms with E-state index >= 15 is 0 Å². The monoisotopic (exact) mass is 457 g/mol. The van der Waals surface area contributed by atoms with Crippen LogP contribution < -0.4 is 4.74 Å². The molecule has 1 fully saturated rings. The number of aromatic hydroxyl groups is 1. The van der Waals surface area contributed by atoms with Gasteiger partial charge in [0.25, 0.3) is 5.91 Å². The Bertz CT molecular complexity index is 1190. The number of carbonyl (C=O) groups excluding carboxylic acids is 1. The van der Waals surface area contributed by atoms with E-state index in [0.717, 1.165) is 17.8 Å². The van der Waals surface area contributed by atoms with Crippen molar-refractivity contribution in [3.05, 3.63) is 62.0 Å². The van der Waals surface area contributed by atoms with E-state index < -0.39 is 22.3 Å². The number of ether oxygens (including phenoxy) is 1. The summed E-state index contributed by atoms with van der Waals surface area (Å²) in [5, 5.41) is 30.9. The van der Waals surface area contributed by atoms with Gasteiger partial charge in [0.15, 0.2) is 10.9 Å². The van der Waals surface area contributed by atoms with Crippen molar-refractivity contribution in [1.82, 2.24) is 4.90 Å². The van der Waals surface area contributed by atoms with Crippen molar-refractivity contribution in [2.45, 2.75) is 13.8 Å². The molecule has 1 heterocycles. The molecule has 0 saturated carbocycles.